The molecule has 0 saturated heterocycles. The van der Waals surface area contributed by atoms with Crippen molar-refractivity contribution >= 4 is 23.4 Å². The lowest BCUT2D eigenvalue weighted by molar-refractivity contribution is -0.143. The quantitative estimate of drug-likeness (QED) is 0.581. The Morgan fingerprint density at radius 1 is 1.10 bits per heavy atom. The number of ether oxygens (including phenoxy) is 2. The highest BCUT2D eigenvalue weighted by Gasteiger charge is 2.28. The summed E-state index contributed by atoms with van der Waals surface area (Å²) in [5.74, 6) is 0.704. The lowest BCUT2D eigenvalue weighted by Gasteiger charge is -2.30. The Morgan fingerprint density at radius 3 is 2.40 bits per heavy atom. The van der Waals surface area contributed by atoms with E-state index in [9.17, 15) is 9.59 Å². The molecular weight excluding hydrogens is 404 g/mol. The molecule has 0 aromatic heterocycles. The maximum absolute atomic E-state index is 13.1. The molecule has 1 N–H and O–H groups in total. The number of nitrogens with zero attached hydrogens (tertiary/aromatic N) is 1. The van der Waals surface area contributed by atoms with E-state index in [-0.39, 0.29) is 25.0 Å². The zero-order chi connectivity index (χ0) is 21.9. The van der Waals surface area contributed by atoms with E-state index < -0.39 is 6.04 Å². The maximum atomic E-state index is 13.1. The normalized spacial score (nSPS) is 11.5. The van der Waals surface area contributed by atoms with E-state index in [1.54, 1.807) is 36.3 Å². The predicted octanol–water partition coefficient (Wildman–Crippen LogP) is 4.06. The minimum Gasteiger partial charge on any atom is -0.497 e. The van der Waals surface area contributed by atoms with Gasteiger partial charge >= 0.3 is 0 Å². The number of methoxy groups -OCH3 is 1. The fourth-order valence-corrected chi connectivity index (χ4v) is 3.19. The molecule has 2 rings (SSSR count). The van der Waals surface area contributed by atoms with Crippen LogP contribution in [0.1, 0.15) is 32.3 Å². The molecule has 30 heavy (non-hydrogen) atoms. The van der Waals surface area contributed by atoms with Crippen LogP contribution in [0.25, 0.3) is 0 Å². The topological polar surface area (TPSA) is 67.9 Å². The zero-order valence-electron chi connectivity index (χ0n) is 17.7. The van der Waals surface area contributed by atoms with Gasteiger partial charge in [0.05, 0.1) is 12.1 Å². The van der Waals surface area contributed by atoms with E-state index >= 15 is 0 Å². The number of carbonyl (C=O) groups is 2. The standard InChI is InChI=1S/C23H29ClN2O4/c1-4-14-25-23(28)20(5-2)26(15-17-10-12-18(29-3)13-11-17)22(27)16-30-21-9-7-6-8-19(21)24/h6-13,20H,4-5,14-16H2,1-3H3,(H,25,28)/t20-/m0/s1. The Bertz CT molecular complexity index is 826. The summed E-state index contributed by atoms with van der Waals surface area (Å²) in [6, 6.07) is 13.8. The molecule has 2 amide bonds. The van der Waals surface area contributed by atoms with Crippen LogP contribution in [0.4, 0.5) is 0 Å². The fourth-order valence-electron chi connectivity index (χ4n) is 3.00. The van der Waals surface area contributed by atoms with Gasteiger partial charge in [-0.15, -0.1) is 0 Å². The molecule has 0 saturated carbocycles. The van der Waals surface area contributed by atoms with Crippen LogP contribution in [0.3, 0.4) is 0 Å². The second kappa shape index (κ2) is 12.1. The van der Waals surface area contributed by atoms with Gasteiger partial charge in [-0.25, -0.2) is 0 Å². The van der Waals surface area contributed by atoms with Crippen molar-refractivity contribution < 1.29 is 19.1 Å². The van der Waals surface area contributed by atoms with Crippen molar-refractivity contribution in [3.63, 3.8) is 0 Å². The lowest BCUT2D eigenvalue weighted by Crippen LogP contribution is -2.50. The van der Waals surface area contributed by atoms with Crippen LogP contribution < -0.4 is 14.8 Å². The van der Waals surface area contributed by atoms with Gasteiger partial charge in [-0.3, -0.25) is 9.59 Å². The number of hydrogen-bond acceptors (Lipinski definition) is 4. The van der Waals surface area contributed by atoms with Crippen molar-refractivity contribution in [1.82, 2.24) is 10.2 Å². The second-order valence-electron chi connectivity index (χ2n) is 6.80. The number of amides is 2. The maximum Gasteiger partial charge on any atom is 0.261 e. The molecule has 0 aliphatic carbocycles. The van der Waals surface area contributed by atoms with E-state index in [1.165, 1.54) is 0 Å². The molecule has 7 heteroatoms. The van der Waals surface area contributed by atoms with E-state index in [2.05, 4.69) is 5.32 Å². The summed E-state index contributed by atoms with van der Waals surface area (Å²) in [6.45, 7) is 4.51. The number of para-hydroxylation sites is 1. The molecule has 162 valence electrons. The van der Waals surface area contributed by atoms with Gasteiger partial charge in [0.25, 0.3) is 5.91 Å². The Hall–Kier alpha value is -2.73. The molecule has 0 spiro atoms. The van der Waals surface area contributed by atoms with Crippen LogP contribution in [0, 0.1) is 0 Å². The number of benzene rings is 2. The molecule has 0 aliphatic rings. The third kappa shape index (κ3) is 6.66. The van der Waals surface area contributed by atoms with E-state index in [1.807, 2.05) is 38.1 Å². The molecule has 2 aromatic rings. The summed E-state index contributed by atoms with van der Waals surface area (Å²) in [5, 5.41) is 3.32. The largest absolute Gasteiger partial charge is 0.497 e. The number of carbonyl (C=O) groups excluding carboxylic acids is 2. The molecule has 0 heterocycles. The third-order valence-electron chi connectivity index (χ3n) is 4.63. The molecular formula is C23H29ClN2O4. The fraction of sp³-hybridized carbons (Fsp3) is 0.391. The first-order chi connectivity index (χ1) is 14.5. The van der Waals surface area contributed by atoms with Crippen LogP contribution in [-0.2, 0) is 16.1 Å². The van der Waals surface area contributed by atoms with Gasteiger partial charge in [0, 0.05) is 13.1 Å². The molecule has 0 radical (unpaired) electrons. The first-order valence-electron chi connectivity index (χ1n) is 10.1. The summed E-state index contributed by atoms with van der Waals surface area (Å²) in [7, 11) is 1.60. The highest BCUT2D eigenvalue weighted by molar-refractivity contribution is 6.32. The van der Waals surface area contributed by atoms with Crippen LogP contribution in [-0.4, -0.2) is 43.0 Å². The predicted molar refractivity (Wildman–Crippen MR) is 118 cm³/mol. The van der Waals surface area contributed by atoms with Gasteiger partial charge in [-0.05, 0) is 42.7 Å². The van der Waals surface area contributed by atoms with Crippen molar-refractivity contribution in [3.05, 3.63) is 59.1 Å². The highest BCUT2D eigenvalue weighted by Crippen LogP contribution is 2.23. The van der Waals surface area contributed by atoms with Gasteiger partial charge in [0.15, 0.2) is 6.61 Å². The Labute approximate surface area is 183 Å². The summed E-state index contributed by atoms with van der Waals surface area (Å²) >= 11 is 6.12. The van der Waals surface area contributed by atoms with E-state index in [0.717, 1.165) is 17.7 Å². The van der Waals surface area contributed by atoms with E-state index in [0.29, 0.717) is 23.7 Å². The summed E-state index contributed by atoms with van der Waals surface area (Å²) < 4.78 is 10.8. The number of hydrogen-bond donors (Lipinski definition) is 1. The van der Waals surface area contributed by atoms with Gasteiger partial charge in [-0.2, -0.15) is 0 Å². The minimum atomic E-state index is -0.596. The first kappa shape index (κ1) is 23.5. The summed E-state index contributed by atoms with van der Waals surface area (Å²) in [5.41, 5.74) is 0.892. The zero-order valence-corrected chi connectivity index (χ0v) is 18.4. The second-order valence-corrected chi connectivity index (χ2v) is 7.21. The molecule has 0 bridgehead atoms. The van der Waals surface area contributed by atoms with Crippen molar-refractivity contribution in [1.29, 1.82) is 0 Å². The van der Waals surface area contributed by atoms with Crippen LogP contribution in [0.5, 0.6) is 11.5 Å². The van der Waals surface area contributed by atoms with E-state index in [4.69, 9.17) is 21.1 Å². The average molecular weight is 433 g/mol. The molecule has 0 unspecified atom stereocenters. The molecule has 0 aliphatic heterocycles. The third-order valence-corrected chi connectivity index (χ3v) is 4.95. The molecule has 6 nitrogen and oxygen atoms in total. The Kier molecular flexibility index (Phi) is 9.48. The van der Waals surface area contributed by atoms with Gasteiger partial charge in [0.1, 0.15) is 17.5 Å². The minimum absolute atomic E-state index is 0.168. The highest BCUT2D eigenvalue weighted by atomic mass is 35.5. The molecule has 2 aromatic carbocycles. The lowest BCUT2D eigenvalue weighted by atomic mass is 10.1. The summed E-state index contributed by atoms with van der Waals surface area (Å²) in [4.78, 5) is 27.4. The van der Waals surface area contributed by atoms with Gasteiger partial charge in [-0.1, -0.05) is 49.7 Å². The van der Waals surface area contributed by atoms with Crippen LogP contribution in [0.15, 0.2) is 48.5 Å². The van der Waals surface area contributed by atoms with Crippen molar-refractivity contribution in [2.75, 3.05) is 20.3 Å². The summed E-state index contributed by atoms with van der Waals surface area (Å²) in [6.07, 6.45) is 1.31. The van der Waals surface area contributed by atoms with Crippen molar-refractivity contribution in [2.24, 2.45) is 0 Å². The number of halogens is 1. The van der Waals surface area contributed by atoms with Crippen molar-refractivity contribution in [3.8, 4) is 11.5 Å². The number of nitrogens with one attached hydrogen (secondary N) is 1. The average Bonchev–Trinajstić information content (AvgIpc) is 2.77. The SMILES string of the molecule is CCCNC(=O)[C@H](CC)N(Cc1ccc(OC)cc1)C(=O)COc1ccccc1Cl. The monoisotopic (exact) mass is 432 g/mol. The number of rotatable bonds is 11. The Balaban J connectivity index is 2.20. The van der Waals surface area contributed by atoms with Crippen LogP contribution in [0.2, 0.25) is 5.02 Å². The molecule has 1 atom stereocenters. The van der Waals surface area contributed by atoms with Crippen molar-refractivity contribution in [2.45, 2.75) is 39.3 Å². The molecule has 0 fully saturated rings. The Morgan fingerprint density at radius 2 is 1.80 bits per heavy atom. The van der Waals surface area contributed by atoms with Gasteiger partial charge < -0.3 is 19.7 Å². The smallest absolute Gasteiger partial charge is 0.261 e. The van der Waals surface area contributed by atoms with Gasteiger partial charge in [0.2, 0.25) is 5.91 Å². The first-order valence-corrected chi connectivity index (χ1v) is 10.4. The van der Waals surface area contributed by atoms with Crippen LogP contribution >= 0.6 is 11.6 Å².